The minimum Gasteiger partial charge on any atom is -0.493 e. The fourth-order valence-electron chi connectivity index (χ4n) is 3.56. The van der Waals surface area contributed by atoms with Crippen LogP contribution in [0.1, 0.15) is 43.9 Å². The van der Waals surface area contributed by atoms with Gasteiger partial charge in [0.2, 0.25) is 15.9 Å². The van der Waals surface area contributed by atoms with Gasteiger partial charge >= 0.3 is 6.18 Å². The normalized spacial score (nSPS) is 12.9. The third-order valence-electron chi connectivity index (χ3n) is 5.70. The van der Waals surface area contributed by atoms with Crippen molar-refractivity contribution in [3.05, 3.63) is 59.2 Å². The first kappa shape index (κ1) is 30.4. The second-order valence-corrected chi connectivity index (χ2v) is 11.0. The van der Waals surface area contributed by atoms with Gasteiger partial charge in [0, 0.05) is 6.54 Å². The number of alkyl halides is 3. The maximum atomic E-state index is 12.9. The highest BCUT2D eigenvalue weighted by Crippen LogP contribution is 2.30. The van der Waals surface area contributed by atoms with E-state index in [4.69, 9.17) is 9.47 Å². The van der Waals surface area contributed by atoms with E-state index >= 15 is 0 Å². The fraction of sp³-hybridized carbons (Fsp3) is 0.500. The molecule has 206 valence electrons. The molecule has 2 rings (SSSR count). The topological polar surface area (TPSA) is 93.7 Å². The van der Waals surface area contributed by atoms with Crippen molar-refractivity contribution in [2.24, 2.45) is 5.92 Å². The van der Waals surface area contributed by atoms with E-state index in [0.29, 0.717) is 49.5 Å². The lowest BCUT2D eigenvalue weighted by atomic mass is 10.0. The number of aryl methyl sites for hydroxylation is 1. The molecule has 37 heavy (non-hydrogen) atoms. The van der Waals surface area contributed by atoms with Gasteiger partial charge in [0.15, 0.2) is 11.5 Å². The Labute approximate surface area is 216 Å². The number of rotatable bonds is 14. The molecule has 1 atom stereocenters. The van der Waals surface area contributed by atoms with Gasteiger partial charge in [-0.2, -0.15) is 13.2 Å². The van der Waals surface area contributed by atoms with Crippen molar-refractivity contribution in [3.8, 4) is 11.5 Å². The van der Waals surface area contributed by atoms with Crippen molar-refractivity contribution in [2.45, 2.75) is 52.3 Å². The molecule has 2 N–H and O–H groups in total. The highest BCUT2D eigenvalue weighted by Gasteiger charge is 2.30. The Morgan fingerprint density at radius 2 is 1.73 bits per heavy atom. The van der Waals surface area contributed by atoms with Crippen molar-refractivity contribution >= 4 is 15.9 Å². The van der Waals surface area contributed by atoms with Crippen LogP contribution in [0.25, 0.3) is 0 Å². The third-order valence-corrected chi connectivity index (χ3v) is 7.07. The van der Waals surface area contributed by atoms with Crippen LogP contribution in [0.3, 0.4) is 0 Å². The molecule has 0 radical (unpaired) electrons. The van der Waals surface area contributed by atoms with E-state index in [0.717, 1.165) is 17.7 Å². The molecule has 0 spiro atoms. The first-order chi connectivity index (χ1) is 17.4. The summed E-state index contributed by atoms with van der Waals surface area (Å²) in [5.41, 5.74) is 0.801. The van der Waals surface area contributed by atoms with E-state index in [1.165, 1.54) is 20.1 Å². The molecule has 0 aliphatic heterocycles. The lowest BCUT2D eigenvalue weighted by Crippen LogP contribution is -2.50. The summed E-state index contributed by atoms with van der Waals surface area (Å²) < 4.78 is 76.0. The third kappa shape index (κ3) is 9.88. The standard InChI is InChI=1S/C26H35F3N2O5S/c1-5-37(33,34)31-24(18(2)3)25(32)30-14-13-20-11-12-22(23(17-20)35-4)36-15-7-9-19-8-6-10-21(16-19)26(27,28)29/h6,8,10-12,16-18,24,31H,5,7,9,13-15H2,1-4H3,(H,30,32). The zero-order chi connectivity index (χ0) is 27.6. The highest BCUT2D eigenvalue weighted by molar-refractivity contribution is 7.89. The quantitative estimate of drug-likeness (QED) is 0.345. The first-order valence-corrected chi connectivity index (χ1v) is 13.7. The predicted octanol–water partition coefficient (Wildman–Crippen LogP) is 4.35. The van der Waals surface area contributed by atoms with Gasteiger partial charge in [-0.05, 0) is 61.4 Å². The Morgan fingerprint density at radius 1 is 1.03 bits per heavy atom. The van der Waals surface area contributed by atoms with Crippen LogP contribution < -0.4 is 19.5 Å². The van der Waals surface area contributed by atoms with Gasteiger partial charge in [-0.15, -0.1) is 0 Å². The number of carbonyl (C=O) groups excluding carboxylic acids is 1. The molecule has 11 heteroatoms. The number of hydrogen-bond donors (Lipinski definition) is 2. The monoisotopic (exact) mass is 544 g/mol. The molecule has 7 nitrogen and oxygen atoms in total. The molecule has 0 aliphatic rings. The molecule has 1 amide bonds. The predicted molar refractivity (Wildman–Crippen MR) is 136 cm³/mol. The molecule has 0 aromatic heterocycles. The Kier molecular flexibility index (Phi) is 11.2. The second kappa shape index (κ2) is 13.7. The summed E-state index contributed by atoms with van der Waals surface area (Å²) in [6, 6.07) is 9.76. The van der Waals surface area contributed by atoms with Crippen molar-refractivity contribution < 1.29 is 35.9 Å². The molecular formula is C26H35F3N2O5S. The van der Waals surface area contributed by atoms with Crippen LogP contribution in [0.2, 0.25) is 0 Å². The number of amides is 1. The maximum absolute atomic E-state index is 12.9. The fourth-order valence-corrected chi connectivity index (χ4v) is 4.49. The van der Waals surface area contributed by atoms with Gasteiger partial charge in [0.25, 0.3) is 0 Å². The maximum Gasteiger partial charge on any atom is 0.416 e. The van der Waals surface area contributed by atoms with Crippen LogP contribution in [0.4, 0.5) is 13.2 Å². The molecule has 0 saturated carbocycles. The van der Waals surface area contributed by atoms with Crippen LogP contribution in [0, 0.1) is 5.92 Å². The summed E-state index contributed by atoms with van der Waals surface area (Å²) >= 11 is 0. The lowest BCUT2D eigenvalue weighted by molar-refractivity contribution is -0.137. The number of nitrogens with one attached hydrogen (secondary N) is 2. The van der Waals surface area contributed by atoms with Gasteiger partial charge in [-0.3, -0.25) is 4.79 Å². The van der Waals surface area contributed by atoms with Crippen molar-refractivity contribution in [1.29, 1.82) is 0 Å². The van der Waals surface area contributed by atoms with E-state index in [1.54, 1.807) is 32.0 Å². The van der Waals surface area contributed by atoms with Crippen molar-refractivity contribution in [1.82, 2.24) is 10.0 Å². The number of benzene rings is 2. The van der Waals surface area contributed by atoms with Crippen LogP contribution in [-0.2, 0) is 33.8 Å². The highest BCUT2D eigenvalue weighted by atomic mass is 32.2. The van der Waals surface area contributed by atoms with E-state index in [-0.39, 0.29) is 17.6 Å². The summed E-state index contributed by atoms with van der Waals surface area (Å²) in [6.45, 7) is 5.65. The summed E-state index contributed by atoms with van der Waals surface area (Å²) in [7, 11) is -2.02. The van der Waals surface area contributed by atoms with E-state index < -0.39 is 27.8 Å². The molecule has 2 aromatic carbocycles. The lowest BCUT2D eigenvalue weighted by Gasteiger charge is -2.21. The van der Waals surface area contributed by atoms with Crippen LogP contribution in [-0.4, -0.2) is 46.4 Å². The number of halogens is 3. The molecule has 0 bridgehead atoms. The van der Waals surface area contributed by atoms with E-state index in [2.05, 4.69) is 10.0 Å². The van der Waals surface area contributed by atoms with E-state index in [9.17, 15) is 26.4 Å². The summed E-state index contributed by atoms with van der Waals surface area (Å²) in [5, 5.41) is 2.77. The van der Waals surface area contributed by atoms with Gasteiger partial charge in [0.05, 0.1) is 25.0 Å². The minimum atomic E-state index is -4.37. The Hall–Kier alpha value is -2.79. The Bertz CT molecular complexity index is 1140. The SMILES string of the molecule is CCS(=O)(=O)NC(C(=O)NCCc1ccc(OCCCc2cccc(C(F)(F)F)c2)c(OC)c1)C(C)C. The average molecular weight is 545 g/mol. The first-order valence-electron chi connectivity index (χ1n) is 12.1. The molecule has 0 heterocycles. The molecular weight excluding hydrogens is 509 g/mol. The van der Waals surface area contributed by atoms with Gasteiger partial charge in [-0.1, -0.05) is 38.1 Å². The van der Waals surface area contributed by atoms with Crippen molar-refractivity contribution in [3.63, 3.8) is 0 Å². The zero-order valence-corrected chi connectivity index (χ0v) is 22.3. The molecule has 0 fully saturated rings. The molecule has 0 aliphatic carbocycles. The van der Waals surface area contributed by atoms with Crippen LogP contribution in [0.15, 0.2) is 42.5 Å². The summed E-state index contributed by atoms with van der Waals surface area (Å²) in [4.78, 5) is 12.5. The van der Waals surface area contributed by atoms with Gasteiger partial charge in [0.1, 0.15) is 6.04 Å². The molecule has 2 aromatic rings. The number of ether oxygens (including phenoxy) is 2. The number of hydrogen-bond acceptors (Lipinski definition) is 5. The molecule has 1 unspecified atom stereocenters. The number of sulfonamides is 1. The number of methoxy groups -OCH3 is 1. The van der Waals surface area contributed by atoms with Crippen LogP contribution in [0.5, 0.6) is 11.5 Å². The van der Waals surface area contributed by atoms with E-state index in [1.807, 2.05) is 6.07 Å². The summed E-state index contributed by atoms with van der Waals surface area (Å²) in [6.07, 6.45) is -2.91. The van der Waals surface area contributed by atoms with Gasteiger partial charge < -0.3 is 14.8 Å². The number of carbonyl (C=O) groups is 1. The second-order valence-electron chi connectivity index (χ2n) is 8.92. The van der Waals surface area contributed by atoms with Crippen molar-refractivity contribution in [2.75, 3.05) is 26.0 Å². The Balaban J connectivity index is 1.87. The summed E-state index contributed by atoms with van der Waals surface area (Å²) in [5.74, 6) is 0.293. The van der Waals surface area contributed by atoms with Crippen LogP contribution >= 0.6 is 0 Å². The largest absolute Gasteiger partial charge is 0.493 e. The minimum absolute atomic E-state index is 0.108. The average Bonchev–Trinajstić information content (AvgIpc) is 2.85. The molecule has 0 saturated heterocycles. The van der Waals surface area contributed by atoms with Gasteiger partial charge in [-0.25, -0.2) is 13.1 Å². The Morgan fingerprint density at radius 3 is 2.35 bits per heavy atom. The zero-order valence-electron chi connectivity index (χ0n) is 21.5. The smallest absolute Gasteiger partial charge is 0.416 e.